The van der Waals surface area contributed by atoms with Crippen LogP contribution in [0, 0.1) is 12.3 Å². The number of carbonyl (C=O) groups is 1. The number of ether oxygens (including phenoxy) is 1. The number of methoxy groups -OCH3 is 1. The van der Waals surface area contributed by atoms with Gasteiger partial charge in [0.25, 0.3) is 0 Å². The second-order valence-corrected chi connectivity index (χ2v) is 3.31. The normalized spacial score (nSPS) is 8.94. The number of nitrogen functional groups attached to an aromatic ring is 1. The second kappa shape index (κ2) is 7.32. The maximum Gasteiger partial charge on any atom is 0.338 e. The summed E-state index contributed by atoms with van der Waals surface area (Å²) < 4.78 is 4.67. The van der Waals surface area contributed by atoms with Gasteiger partial charge in [-0.15, -0.1) is 0 Å². The quantitative estimate of drug-likeness (QED) is 0.437. The van der Waals surface area contributed by atoms with E-state index in [-0.39, 0.29) is 0 Å². The molecule has 1 rings (SSSR count). The Morgan fingerprint density at radius 2 is 2.06 bits per heavy atom. The Morgan fingerprint density at radius 3 is 2.44 bits per heavy atom. The molecule has 0 saturated heterocycles. The largest absolute Gasteiger partial charge is 0.465 e. The number of hydrogen-bond acceptors (Lipinski definition) is 5. The molecule has 0 bridgehead atoms. The summed E-state index contributed by atoms with van der Waals surface area (Å²) in [6, 6.07) is 1.53. The van der Waals surface area contributed by atoms with Crippen molar-refractivity contribution in [2.24, 2.45) is 0 Å². The fourth-order valence-electron chi connectivity index (χ4n) is 1.62. The highest BCUT2D eigenvalue weighted by Crippen LogP contribution is 2.28. The van der Waals surface area contributed by atoms with Crippen LogP contribution in [-0.2, 0) is 4.74 Å². The summed E-state index contributed by atoms with van der Waals surface area (Å²) in [5, 5.41) is 10.2. The molecule has 0 saturated carbocycles. The van der Waals surface area contributed by atoms with Crippen molar-refractivity contribution < 1.29 is 9.53 Å². The van der Waals surface area contributed by atoms with E-state index < -0.39 is 5.97 Å². The van der Waals surface area contributed by atoms with Crippen molar-refractivity contribution in [3.05, 3.63) is 22.8 Å². The molecule has 0 aliphatic heterocycles. The molecule has 4 N–H and O–H groups in total. The van der Waals surface area contributed by atoms with Gasteiger partial charge in [-0.1, -0.05) is 13.8 Å². The van der Waals surface area contributed by atoms with Crippen molar-refractivity contribution in [3.63, 3.8) is 0 Å². The molecular formula is C13H21N3O2. The number of nitrogens with two attached hydrogens (primary N) is 1. The molecule has 0 aliphatic rings. The molecule has 100 valence electrons. The first-order chi connectivity index (χ1) is 8.56. The molecule has 0 aromatic heterocycles. The summed E-state index contributed by atoms with van der Waals surface area (Å²) in [5.41, 5.74) is 8.54. The van der Waals surface area contributed by atoms with Gasteiger partial charge in [0, 0.05) is 30.2 Å². The summed E-state index contributed by atoms with van der Waals surface area (Å²) in [6.07, 6.45) is 1.16. The minimum absolute atomic E-state index is 0.380. The number of hydrogen-bond donors (Lipinski definition) is 3. The molecule has 0 radical (unpaired) electrons. The van der Waals surface area contributed by atoms with Gasteiger partial charge in [-0.2, -0.15) is 0 Å². The average molecular weight is 251 g/mol. The molecule has 1 aromatic rings. The molecule has 0 amide bonds. The molecular weight excluding hydrogens is 230 g/mol. The van der Waals surface area contributed by atoms with Crippen LogP contribution in [0.2, 0.25) is 0 Å². The van der Waals surface area contributed by atoms with Crippen LogP contribution in [0.25, 0.3) is 0 Å². The van der Waals surface area contributed by atoms with Crippen molar-refractivity contribution in [3.8, 4) is 0 Å². The average Bonchev–Trinajstić information content (AvgIpc) is 2.41. The van der Waals surface area contributed by atoms with Crippen LogP contribution in [0.5, 0.6) is 0 Å². The molecule has 0 atom stereocenters. The van der Waals surface area contributed by atoms with E-state index in [1.807, 2.05) is 13.8 Å². The first kappa shape index (κ1) is 16.0. The minimum Gasteiger partial charge on any atom is -0.465 e. The van der Waals surface area contributed by atoms with Crippen molar-refractivity contribution >= 4 is 23.6 Å². The number of esters is 1. The van der Waals surface area contributed by atoms with Gasteiger partial charge in [0.15, 0.2) is 0 Å². The summed E-state index contributed by atoms with van der Waals surface area (Å²) in [7, 11) is 3.04. The van der Waals surface area contributed by atoms with Crippen molar-refractivity contribution in [2.75, 3.05) is 25.2 Å². The highest BCUT2D eigenvalue weighted by molar-refractivity contribution is 6.01. The van der Waals surface area contributed by atoms with Crippen LogP contribution in [-0.4, -0.2) is 26.3 Å². The standard InChI is InChI=1S/C11H15N3O2.C2H6/c1-6-7(11(15)16-3)4-9(13)8(5-12)10(6)14-2;1-2/h4-5,12,14H,13H2,1-3H3;1-2H3. The van der Waals surface area contributed by atoms with Gasteiger partial charge in [0.05, 0.1) is 12.7 Å². The third-order valence-corrected chi connectivity index (χ3v) is 2.46. The van der Waals surface area contributed by atoms with Gasteiger partial charge in [0.1, 0.15) is 0 Å². The van der Waals surface area contributed by atoms with Crippen LogP contribution >= 0.6 is 0 Å². The Kier molecular flexibility index (Phi) is 6.49. The first-order valence-corrected chi connectivity index (χ1v) is 5.76. The zero-order valence-electron chi connectivity index (χ0n) is 11.5. The molecule has 0 heterocycles. The summed E-state index contributed by atoms with van der Waals surface area (Å²) in [6.45, 7) is 5.78. The van der Waals surface area contributed by atoms with Gasteiger partial charge in [-0.05, 0) is 18.6 Å². The smallest absolute Gasteiger partial charge is 0.338 e. The van der Waals surface area contributed by atoms with Gasteiger partial charge in [0.2, 0.25) is 0 Å². The van der Waals surface area contributed by atoms with E-state index in [0.717, 1.165) is 11.8 Å². The van der Waals surface area contributed by atoms with Crippen LogP contribution < -0.4 is 11.1 Å². The zero-order chi connectivity index (χ0) is 14.3. The third-order valence-electron chi connectivity index (χ3n) is 2.46. The Hall–Kier alpha value is -2.04. The molecule has 0 unspecified atom stereocenters. The van der Waals surface area contributed by atoms with E-state index in [0.29, 0.717) is 22.5 Å². The summed E-state index contributed by atoms with van der Waals surface area (Å²) in [5.74, 6) is -0.433. The lowest BCUT2D eigenvalue weighted by molar-refractivity contribution is 0.0600. The number of anilines is 2. The van der Waals surface area contributed by atoms with E-state index in [4.69, 9.17) is 11.1 Å². The molecule has 0 aliphatic carbocycles. The Labute approximate surface area is 108 Å². The second-order valence-electron chi connectivity index (χ2n) is 3.31. The number of benzene rings is 1. The SMILES string of the molecule is CC.CNc1c(C)c(C(=O)OC)cc(N)c1C=N. The maximum atomic E-state index is 11.5. The summed E-state index contributed by atoms with van der Waals surface area (Å²) in [4.78, 5) is 11.5. The lowest BCUT2D eigenvalue weighted by Gasteiger charge is -2.14. The molecule has 0 fully saturated rings. The van der Waals surface area contributed by atoms with Crippen molar-refractivity contribution in [1.29, 1.82) is 5.41 Å². The molecule has 18 heavy (non-hydrogen) atoms. The van der Waals surface area contributed by atoms with Crippen LogP contribution in [0.3, 0.4) is 0 Å². The Bertz CT molecular complexity index is 442. The van der Waals surface area contributed by atoms with Gasteiger partial charge in [-0.25, -0.2) is 4.79 Å². The van der Waals surface area contributed by atoms with Crippen LogP contribution in [0.4, 0.5) is 11.4 Å². The van der Waals surface area contributed by atoms with Crippen molar-refractivity contribution in [1.82, 2.24) is 0 Å². The van der Waals surface area contributed by atoms with Crippen molar-refractivity contribution in [2.45, 2.75) is 20.8 Å². The van der Waals surface area contributed by atoms with E-state index in [1.54, 1.807) is 14.0 Å². The fourth-order valence-corrected chi connectivity index (χ4v) is 1.62. The topological polar surface area (TPSA) is 88.2 Å². The lowest BCUT2D eigenvalue weighted by Crippen LogP contribution is -2.10. The van der Waals surface area contributed by atoms with Gasteiger partial charge >= 0.3 is 5.97 Å². The number of rotatable bonds is 3. The molecule has 5 heteroatoms. The number of nitrogens with one attached hydrogen (secondary N) is 2. The number of carbonyl (C=O) groups excluding carboxylic acids is 1. The Balaban J connectivity index is 0.00000137. The maximum absolute atomic E-state index is 11.5. The summed E-state index contributed by atoms with van der Waals surface area (Å²) >= 11 is 0. The zero-order valence-corrected chi connectivity index (χ0v) is 11.5. The van der Waals surface area contributed by atoms with Crippen LogP contribution in [0.1, 0.15) is 35.3 Å². The van der Waals surface area contributed by atoms with E-state index in [2.05, 4.69) is 10.1 Å². The molecule has 0 spiro atoms. The minimum atomic E-state index is -0.433. The highest BCUT2D eigenvalue weighted by atomic mass is 16.5. The van der Waals surface area contributed by atoms with E-state index >= 15 is 0 Å². The fraction of sp³-hybridized carbons (Fsp3) is 0.385. The monoisotopic (exact) mass is 251 g/mol. The van der Waals surface area contributed by atoms with E-state index in [1.165, 1.54) is 13.2 Å². The predicted molar refractivity (Wildman–Crippen MR) is 75.7 cm³/mol. The van der Waals surface area contributed by atoms with E-state index in [9.17, 15) is 4.79 Å². The highest BCUT2D eigenvalue weighted by Gasteiger charge is 2.16. The lowest BCUT2D eigenvalue weighted by atomic mass is 10.0. The molecule has 1 aromatic carbocycles. The molecule has 5 nitrogen and oxygen atoms in total. The first-order valence-electron chi connectivity index (χ1n) is 5.76. The van der Waals surface area contributed by atoms with Gasteiger partial charge in [-0.3, -0.25) is 0 Å². The van der Waals surface area contributed by atoms with Gasteiger partial charge < -0.3 is 21.2 Å². The predicted octanol–water partition coefficient (Wildman–Crippen LogP) is 2.43. The third kappa shape index (κ3) is 3.00. The Morgan fingerprint density at radius 1 is 1.50 bits per heavy atom. The van der Waals surface area contributed by atoms with Crippen LogP contribution in [0.15, 0.2) is 6.07 Å².